The lowest BCUT2D eigenvalue weighted by atomic mass is 10.0. The second-order valence-corrected chi connectivity index (χ2v) is 21.6. The molecular weight excluding hydrogens is 1140 g/mol. The first kappa shape index (κ1) is 56.3. The van der Waals surface area contributed by atoms with E-state index >= 15 is 0 Å². The van der Waals surface area contributed by atoms with Gasteiger partial charge in [0.15, 0.2) is 0 Å². The number of aliphatic hydroxyl groups excluding tert-OH is 2. The number of nitrogens with zero attached hydrogens (tertiary/aromatic N) is 11. The lowest BCUT2D eigenvalue weighted by Gasteiger charge is -2.31. The molecule has 0 saturated carbocycles. The van der Waals surface area contributed by atoms with Gasteiger partial charge < -0.3 is 30.2 Å². The molecule has 14 nitrogen and oxygen atoms in total. The maximum Gasteiger partial charge on any atom is 0.130 e. The molecule has 3 N–H and O–H groups in total. The summed E-state index contributed by atoms with van der Waals surface area (Å²) in [4.78, 5) is 24.1. The zero-order chi connectivity index (χ0) is 55.3. The van der Waals surface area contributed by atoms with Crippen LogP contribution < -0.4 is 15.1 Å². The number of alkyl halides is 3. The Balaban J connectivity index is 0.000000167. The SMILES string of the molecule is Fc1ccc(F)c([C@H]2C[C@H](F)CN2c2ccc3ncc(Cl)c(-c4cnn(C5CCNCC5)c4)c3n2)c1.OCCBr.OCCN1CCC(n2cc(-c3c(Cl)cnc4ccc(N5C[C@@H](F)C[C@@H]5c5cc(F)ccc5F)nc34)cn2)CC1. The molecule has 2 aromatic carbocycles. The molecule has 23 heteroatoms. The summed E-state index contributed by atoms with van der Waals surface area (Å²) in [7, 11) is 0. The van der Waals surface area contributed by atoms with Crippen LogP contribution in [0.1, 0.15) is 73.8 Å². The highest BCUT2D eigenvalue weighted by atomic mass is 79.9. The molecule has 79 heavy (non-hydrogen) atoms. The minimum Gasteiger partial charge on any atom is -0.396 e. The molecule has 12 rings (SSSR count). The van der Waals surface area contributed by atoms with Gasteiger partial charge in [0.25, 0.3) is 0 Å². The zero-order valence-electron chi connectivity index (χ0n) is 42.7. The number of aromatic nitrogens is 8. The summed E-state index contributed by atoms with van der Waals surface area (Å²) in [6.45, 7) is 4.78. The smallest absolute Gasteiger partial charge is 0.130 e. The largest absolute Gasteiger partial charge is 0.396 e. The molecule has 4 atom stereocenters. The van der Waals surface area contributed by atoms with Gasteiger partial charge in [-0.2, -0.15) is 10.2 Å². The van der Waals surface area contributed by atoms with E-state index in [0.29, 0.717) is 72.8 Å². The van der Waals surface area contributed by atoms with Crippen LogP contribution in [-0.2, 0) is 0 Å². The highest BCUT2D eigenvalue weighted by Gasteiger charge is 2.38. The van der Waals surface area contributed by atoms with Crippen molar-refractivity contribution < 1.29 is 36.6 Å². The molecule has 6 aromatic heterocycles. The van der Waals surface area contributed by atoms with Gasteiger partial charge in [0.1, 0.15) is 58.3 Å². The number of nitrogens with one attached hydrogen (secondary N) is 1. The standard InChI is InChI=1S/C28H28ClF3N6O.C26H24ClF3N6.C2H5BrO/c29-22-14-33-24-3-4-26(37-16-19(31)12-25(37)21-11-18(30)1-2-23(21)32)35-28(24)27(22)17-13-34-38(15-17)20-5-7-36(8-6-20)9-10-39;27-20-12-32-22-3-4-24(35-14-17(29)10-23(35)19-9-16(28)1-2-21(19)30)34-26(22)25(20)15-11-33-36(13-15)18-5-7-31-8-6-18;3-1-2-4/h1-4,11,13-15,19-20,25,39H,5-10,12,16H2;1-4,9,11-13,17-18,23,31H,5-8,10,14H2;4H,1-2H2/t19-,25+;17-,23+;/m00./s1. The normalized spacial score (nSPS) is 20.2. The van der Waals surface area contributed by atoms with E-state index in [-0.39, 0.29) is 56.3 Å². The van der Waals surface area contributed by atoms with Gasteiger partial charge in [-0.05, 0) is 99.4 Å². The zero-order valence-corrected chi connectivity index (χ0v) is 45.8. The van der Waals surface area contributed by atoms with Crippen LogP contribution in [0.5, 0.6) is 0 Å². The maximum atomic E-state index is 14.7. The Morgan fingerprint density at radius 1 is 0.608 bits per heavy atom. The maximum absolute atomic E-state index is 14.7. The Kier molecular flexibility index (Phi) is 18.0. The number of pyridine rings is 4. The van der Waals surface area contributed by atoms with Gasteiger partial charge in [0.05, 0.1) is 83.9 Å². The van der Waals surface area contributed by atoms with Crippen molar-refractivity contribution in [2.24, 2.45) is 0 Å². The minimum atomic E-state index is -1.21. The summed E-state index contributed by atoms with van der Waals surface area (Å²) in [5.41, 5.74) is 5.47. The second kappa shape index (κ2) is 25.2. The molecule has 10 heterocycles. The molecule has 0 aliphatic carbocycles. The predicted octanol–water partition coefficient (Wildman–Crippen LogP) is 11.4. The van der Waals surface area contributed by atoms with Crippen molar-refractivity contribution in [3.63, 3.8) is 0 Å². The van der Waals surface area contributed by atoms with Crippen molar-refractivity contribution in [2.45, 2.75) is 75.0 Å². The van der Waals surface area contributed by atoms with Gasteiger partial charge in [0.2, 0.25) is 0 Å². The number of likely N-dealkylation sites (tertiary alicyclic amines) is 1. The van der Waals surface area contributed by atoms with E-state index in [4.69, 9.17) is 38.3 Å². The van der Waals surface area contributed by atoms with Gasteiger partial charge >= 0.3 is 0 Å². The fourth-order valence-corrected chi connectivity index (χ4v) is 11.6. The summed E-state index contributed by atoms with van der Waals surface area (Å²) in [6.07, 6.45) is 12.1. The summed E-state index contributed by atoms with van der Waals surface area (Å²) in [5.74, 6) is -1.41. The van der Waals surface area contributed by atoms with Gasteiger partial charge in [-0.25, -0.2) is 36.3 Å². The topological polar surface area (TPSA) is 149 Å². The van der Waals surface area contributed by atoms with Gasteiger partial charge in [-0.3, -0.25) is 19.3 Å². The van der Waals surface area contributed by atoms with E-state index in [0.717, 1.165) is 99.4 Å². The van der Waals surface area contributed by atoms with Crippen LogP contribution >= 0.6 is 39.1 Å². The number of β-amino-alcohol motifs (C(OH)–C–C–N with tert-alkyl or cyclic N) is 1. The number of anilines is 2. The quantitative estimate of drug-likeness (QED) is 0.0836. The van der Waals surface area contributed by atoms with Crippen LogP contribution in [-0.4, -0.2) is 131 Å². The molecule has 8 aromatic rings. The van der Waals surface area contributed by atoms with E-state index in [2.05, 4.69) is 46.3 Å². The average Bonchev–Trinajstić information content (AvgIpc) is 4.36. The first-order valence-corrected chi connectivity index (χ1v) is 28.1. The molecule has 4 aliphatic heterocycles. The van der Waals surface area contributed by atoms with Crippen LogP contribution in [0.15, 0.2) is 97.8 Å². The number of halogens is 9. The number of benzene rings is 2. The highest BCUT2D eigenvalue weighted by molar-refractivity contribution is 9.09. The Bertz CT molecular complexity index is 3400. The molecule has 416 valence electrons. The third kappa shape index (κ3) is 12.5. The Hall–Kier alpha value is -5.94. The third-order valence-corrected chi connectivity index (χ3v) is 15.8. The molecule has 4 aliphatic rings. The second-order valence-electron chi connectivity index (χ2n) is 20.0. The lowest BCUT2D eigenvalue weighted by Crippen LogP contribution is -2.36. The monoisotopic (exact) mass is 1190 g/mol. The Morgan fingerprint density at radius 3 is 1.51 bits per heavy atom. The van der Waals surface area contributed by atoms with E-state index in [9.17, 15) is 31.4 Å². The molecule has 4 fully saturated rings. The summed E-state index contributed by atoms with van der Waals surface area (Å²) in [6, 6.07) is 12.7. The first-order valence-electron chi connectivity index (χ1n) is 26.2. The van der Waals surface area contributed by atoms with E-state index < -0.39 is 47.7 Å². The van der Waals surface area contributed by atoms with Gasteiger partial charge in [0, 0.05) is 96.0 Å². The van der Waals surface area contributed by atoms with Crippen molar-refractivity contribution in [1.82, 2.24) is 49.7 Å². The number of hydrogen-bond acceptors (Lipinski definition) is 12. The number of fused-ring (bicyclic) bond motifs is 2. The molecule has 4 saturated heterocycles. The number of hydrogen-bond donors (Lipinski definition) is 3. The van der Waals surface area contributed by atoms with Crippen LogP contribution in [0.2, 0.25) is 10.0 Å². The van der Waals surface area contributed by atoms with Crippen molar-refractivity contribution in [3.8, 4) is 22.3 Å². The van der Waals surface area contributed by atoms with E-state index in [1.807, 2.05) is 21.8 Å². The summed E-state index contributed by atoms with van der Waals surface area (Å²) in [5, 5.41) is 31.1. The number of aliphatic hydroxyl groups is 2. The van der Waals surface area contributed by atoms with Crippen LogP contribution in [0.25, 0.3) is 44.3 Å². The average molecular weight is 1190 g/mol. The molecule has 0 spiro atoms. The summed E-state index contributed by atoms with van der Waals surface area (Å²) >= 11 is 16.3. The van der Waals surface area contributed by atoms with Crippen molar-refractivity contribution >= 4 is 72.8 Å². The Morgan fingerprint density at radius 2 is 1.06 bits per heavy atom. The number of rotatable bonds is 11. The lowest BCUT2D eigenvalue weighted by molar-refractivity contribution is 0.146. The van der Waals surface area contributed by atoms with E-state index in [1.54, 1.807) is 58.9 Å². The van der Waals surface area contributed by atoms with Crippen LogP contribution in [0, 0.1) is 23.3 Å². The van der Waals surface area contributed by atoms with E-state index in [1.165, 1.54) is 0 Å². The third-order valence-electron chi connectivity index (χ3n) is 14.9. The van der Waals surface area contributed by atoms with Crippen molar-refractivity contribution in [2.75, 3.05) is 74.2 Å². The molecule has 0 radical (unpaired) electrons. The molecular formula is C56H57BrCl2F6N12O2. The van der Waals surface area contributed by atoms with Gasteiger partial charge in [-0.15, -0.1) is 0 Å². The Labute approximate surface area is 470 Å². The predicted molar refractivity (Wildman–Crippen MR) is 297 cm³/mol. The number of piperidine rings is 2. The van der Waals surface area contributed by atoms with Crippen LogP contribution in [0.3, 0.4) is 0 Å². The molecule has 0 bridgehead atoms. The first-order chi connectivity index (χ1) is 38.3. The fourth-order valence-electron chi connectivity index (χ4n) is 11.1. The summed E-state index contributed by atoms with van der Waals surface area (Å²) < 4.78 is 90.3. The molecule has 0 amide bonds. The van der Waals surface area contributed by atoms with Crippen molar-refractivity contribution in [3.05, 3.63) is 142 Å². The minimum absolute atomic E-state index is 0.00929. The molecule has 0 unspecified atom stereocenters. The van der Waals surface area contributed by atoms with Gasteiger partial charge in [-0.1, -0.05) is 39.1 Å². The van der Waals surface area contributed by atoms with Crippen LogP contribution in [0.4, 0.5) is 38.0 Å². The highest BCUT2D eigenvalue weighted by Crippen LogP contribution is 2.43. The van der Waals surface area contributed by atoms with Crippen molar-refractivity contribution in [1.29, 1.82) is 0 Å². The fraction of sp³-hybridized carbons (Fsp3) is 0.393.